The Morgan fingerprint density at radius 2 is 1.92 bits per heavy atom. The smallest absolute Gasteiger partial charge is 0.241 e. The molecule has 0 aliphatic carbocycles. The molecule has 7 heteroatoms. The van der Waals surface area contributed by atoms with E-state index in [0.29, 0.717) is 28.8 Å². The molecule has 5 nitrogen and oxygen atoms in total. The van der Waals surface area contributed by atoms with Crippen LogP contribution in [-0.4, -0.2) is 48.5 Å². The maximum absolute atomic E-state index is 12.4. The van der Waals surface area contributed by atoms with Gasteiger partial charge < -0.3 is 15.1 Å². The minimum atomic E-state index is 0.0571. The summed E-state index contributed by atoms with van der Waals surface area (Å²) < 4.78 is 0. The molecule has 1 fully saturated rings. The number of rotatable bonds is 4. The standard InChI is InChI=1S/C17H18Cl2N4O/c18-13-4-5-15(14(19)11-13)21-12-17(24)23-9-7-22(8-10-23)16-3-1-2-6-20-16/h1-6,11,21H,7-10,12H2. The molecule has 1 N–H and O–H groups in total. The van der Waals surface area contributed by atoms with Gasteiger partial charge in [-0.2, -0.15) is 0 Å². The minimum Gasteiger partial charge on any atom is -0.375 e. The fourth-order valence-corrected chi connectivity index (χ4v) is 3.12. The second-order valence-corrected chi connectivity index (χ2v) is 6.38. The number of hydrogen-bond donors (Lipinski definition) is 1. The van der Waals surface area contributed by atoms with Crippen LogP contribution < -0.4 is 10.2 Å². The lowest BCUT2D eigenvalue weighted by atomic mass is 10.3. The van der Waals surface area contributed by atoms with Crippen molar-refractivity contribution in [2.75, 3.05) is 42.9 Å². The van der Waals surface area contributed by atoms with E-state index in [-0.39, 0.29) is 12.5 Å². The Labute approximate surface area is 151 Å². The number of carbonyl (C=O) groups excluding carboxylic acids is 1. The Hall–Kier alpha value is -1.98. The molecule has 1 aliphatic rings. The number of aromatic nitrogens is 1. The Bertz CT molecular complexity index is 703. The second kappa shape index (κ2) is 7.73. The Morgan fingerprint density at radius 3 is 2.58 bits per heavy atom. The van der Waals surface area contributed by atoms with Crippen LogP contribution in [0.4, 0.5) is 11.5 Å². The van der Waals surface area contributed by atoms with Crippen LogP contribution in [-0.2, 0) is 4.79 Å². The summed E-state index contributed by atoms with van der Waals surface area (Å²) in [6.07, 6.45) is 1.78. The van der Waals surface area contributed by atoms with Gasteiger partial charge in [-0.3, -0.25) is 4.79 Å². The van der Waals surface area contributed by atoms with Gasteiger partial charge in [-0.25, -0.2) is 4.98 Å². The molecule has 2 aromatic rings. The summed E-state index contributed by atoms with van der Waals surface area (Å²) in [5, 5.41) is 4.15. The third kappa shape index (κ3) is 4.10. The van der Waals surface area contributed by atoms with E-state index in [0.717, 1.165) is 18.9 Å². The first-order valence-electron chi connectivity index (χ1n) is 7.76. The van der Waals surface area contributed by atoms with Crippen molar-refractivity contribution in [3.8, 4) is 0 Å². The molecule has 0 spiro atoms. The Balaban J connectivity index is 1.50. The lowest BCUT2D eigenvalue weighted by Crippen LogP contribution is -2.50. The van der Waals surface area contributed by atoms with Crippen LogP contribution in [0.1, 0.15) is 0 Å². The van der Waals surface area contributed by atoms with E-state index in [4.69, 9.17) is 23.2 Å². The van der Waals surface area contributed by atoms with Crippen molar-refractivity contribution < 1.29 is 4.79 Å². The van der Waals surface area contributed by atoms with Gasteiger partial charge in [0.25, 0.3) is 0 Å². The van der Waals surface area contributed by atoms with Gasteiger partial charge in [-0.05, 0) is 30.3 Å². The number of piperazine rings is 1. The van der Waals surface area contributed by atoms with Crippen LogP contribution in [0, 0.1) is 0 Å². The molecule has 2 heterocycles. The molecule has 0 unspecified atom stereocenters. The number of carbonyl (C=O) groups is 1. The molecule has 0 saturated carbocycles. The van der Waals surface area contributed by atoms with Crippen molar-refractivity contribution >= 4 is 40.6 Å². The van der Waals surface area contributed by atoms with Crippen LogP contribution in [0.5, 0.6) is 0 Å². The third-order valence-corrected chi connectivity index (χ3v) is 4.51. The summed E-state index contributed by atoms with van der Waals surface area (Å²) >= 11 is 12.0. The average Bonchev–Trinajstić information content (AvgIpc) is 2.62. The monoisotopic (exact) mass is 364 g/mol. The topological polar surface area (TPSA) is 48.5 Å². The maximum atomic E-state index is 12.4. The van der Waals surface area contributed by atoms with Gasteiger partial charge in [0.15, 0.2) is 0 Å². The molecule has 1 amide bonds. The van der Waals surface area contributed by atoms with Crippen LogP contribution in [0.15, 0.2) is 42.6 Å². The first-order valence-corrected chi connectivity index (χ1v) is 8.52. The van der Waals surface area contributed by atoms with Crippen molar-refractivity contribution in [1.29, 1.82) is 0 Å². The molecular weight excluding hydrogens is 347 g/mol. The highest BCUT2D eigenvalue weighted by Crippen LogP contribution is 2.25. The molecule has 0 bridgehead atoms. The molecule has 0 atom stereocenters. The quantitative estimate of drug-likeness (QED) is 0.905. The zero-order valence-corrected chi connectivity index (χ0v) is 14.6. The van der Waals surface area contributed by atoms with Crippen LogP contribution in [0.2, 0.25) is 10.0 Å². The van der Waals surface area contributed by atoms with Gasteiger partial charge in [0.2, 0.25) is 5.91 Å². The number of nitrogens with zero attached hydrogens (tertiary/aromatic N) is 3. The number of amides is 1. The van der Waals surface area contributed by atoms with E-state index in [9.17, 15) is 4.79 Å². The highest BCUT2D eigenvalue weighted by Gasteiger charge is 2.21. The molecule has 1 saturated heterocycles. The lowest BCUT2D eigenvalue weighted by Gasteiger charge is -2.35. The largest absolute Gasteiger partial charge is 0.375 e. The third-order valence-electron chi connectivity index (χ3n) is 3.97. The molecule has 3 rings (SSSR count). The van der Waals surface area contributed by atoms with Crippen molar-refractivity contribution in [2.24, 2.45) is 0 Å². The number of halogens is 2. The summed E-state index contributed by atoms with van der Waals surface area (Å²) in [5.74, 6) is 1.01. The molecule has 1 aromatic heterocycles. The zero-order chi connectivity index (χ0) is 16.9. The fraction of sp³-hybridized carbons (Fsp3) is 0.294. The van der Waals surface area contributed by atoms with Crippen molar-refractivity contribution in [3.63, 3.8) is 0 Å². The van der Waals surface area contributed by atoms with Gasteiger partial charge in [0.05, 0.1) is 17.3 Å². The predicted octanol–water partition coefficient (Wildman–Crippen LogP) is 3.15. The second-order valence-electron chi connectivity index (χ2n) is 5.53. The maximum Gasteiger partial charge on any atom is 0.241 e. The summed E-state index contributed by atoms with van der Waals surface area (Å²) in [6, 6.07) is 11.0. The average molecular weight is 365 g/mol. The molecular formula is C17H18Cl2N4O. The summed E-state index contributed by atoms with van der Waals surface area (Å²) in [5.41, 5.74) is 0.710. The summed E-state index contributed by atoms with van der Waals surface area (Å²) in [7, 11) is 0. The van der Waals surface area contributed by atoms with Crippen LogP contribution >= 0.6 is 23.2 Å². The number of nitrogens with one attached hydrogen (secondary N) is 1. The van der Waals surface area contributed by atoms with Gasteiger partial charge in [0.1, 0.15) is 5.82 Å². The van der Waals surface area contributed by atoms with Crippen molar-refractivity contribution in [2.45, 2.75) is 0 Å². The molecule has 24 heavy (non-hydrogen) atoms. The highest BCUT2D eigenvalue weighted by atomic mass is 35.5. The minimum absolute atomic E-state index is 0.0571. The highest BCUT2D eigenvalue weighted by molar-refractivity contribution is 6.36. The summed E-state index contributed by atoms with van der Waals surface area (Å²) in [4.78, 5) is 20.7. The summed E-state index contributed by atoms with van der Waals surface area (Å²) in [6.45, 7) is 3.15. The number of pyridine rings is 1. The molecule has 126 valence electrons. The molecule has 0 radical (unpaired) electrons. The SMILES string of the molecule is O=C(CNc1ccc(Cl)cc1Cl)N1CCN(c2ccccn2)CC1. The van der Waals surface area contributed by atoms with Crippen LogP contribution in [0.3, 0.4) is 0 Å². The van der Waals surface area contributed by atoms with E-state index in [1.807, 2.05) is 23.1 Å². The van der Waals surface area contributed by atoms with Gasteiger partial charge in [-0.15, -0.1) is 0 Å². The van der Waals surface area contributed by atoms with Crippen molar-refractivity contribution in [1.82, 2.24) is 9.88 Å². The van der Waals surface area contributed by atoms with E-state index < -0.39 is 0 Å². The van der Waals surface area contributed by atoms with Gasteiger partial charge >= 0.3 is 0 Å². The zero-order valence-electron chi connectivity index (χ0n) is 13.1. The van der Waals surface area contributed by atoms with Gasteiger partial charge in [-0.1, -0.05) is 29.3 Å². The lowest BCUT2D eigenvalue weighted by molar-refractivity contribution is -0.129. The van der Waals surface area contributed by atoms with E-state index in [1.54, 1.807) is 24.4 Å². The number of anilines is 2. The Kier molecular flexibility index (Phi) is 5.43. The normalized spacial score (nSPS) is 14.6. The van der Waals surface area contributed by atoms with Crippen LogP contribution in [0.25, 0.3) is 0 Å². The predicted molar refractivity (Wildman–Crippen MR) is 98.0 cm³/mol. The molecule has 1 aromatic carbocycles. The first-order chi connectivity index (χ1) is 11.6. The fourth-order valence-electron chi connectivity index (χ4n) is 2.64. The Morgan fingerprint density at radius 1 is 1.12 bits per heavy atom. The van der Waals surface area contributed by atoms with Crippen molar-refractivity contribution in [3.05, 3.63) is 52.6 Å². The van der Waals surface area contributed by atoms with E-state index >= 15 is 0 Å². The number of hydrogen-bond acceptors (Lipinski definition) is 4. The number of benzene rings is 1. The first kappa shape index (κ1) is 16.9. The van der Waals surface area contributed by atoms with Gasteiger partial charge in [0, 0.05) is 37.4 Å². The van der Waals surface area contributed by atoms with E-state index in [1.165, 1.54) is 0 Å². The molecule has 1 aliphatic heterocycles. The van der Waals surface area contributed by atoms with E-state index in [2.05, 4.69) is 15.2 Å².